The van der Waals surface area contributed by atoms with Crippen LogP contribution in [-0.2, 0) is 4.79 Å². The molecule has 0 bridgehead atoms. The number of carbonyl (C=O) groups excluding carboxylic acids is 1. The van der Waals surface area contributed by atoms with Crippen LogP contribution in [0.25, 0.3) is 0 Å². The summed E-state index contributed by atoms with van der Waals surface area (Å²) in [5, 5.41) is 9.21. The van der Waals surface area contributed by atoms with Crippen LogP contribution in [0.3, 0.4) is 0 Å². The molecule has 0 radical (unpaired) electrons. The van der Waals surface area contributed by atoms with Crippen molar-refractivity contribution in [2.24, 2.45) is 5.92 Å². The molecule has 0 aliphatic carbocycles. The fourth-order valence-electron chi connectivity index (χ4n) is 2.89. The number of rotatable bonds is 5. The lowest BCUT2D eigenvalue weighted by molar-refractivity contribution is -0.136. The Morgan fingerprint density at radius 1 is 1.33 bits per heavy atom. The van der Waals surface area contributed by atoms with E-state index < -0.39 is 0 Å². The number of hydrogen-bond acceptors (Lipinski definition) is 3. The second kappa shape index (κ2) is 7.10. The van der Waals surface area contributed by atoms with E-state index in [0.29, 0.717) is 12.5 Å². The third-order valence-corrected chi connectivity index (χ3v) is 3.62. The molecule has 1 rings (SSSR count). The van der Waals surface area contributed by atoms with Crippen molar-refractivity contribution in [2.75, 3.05) is 26.2 Å². The van der Waals surface area contributed by atoms with Crippen LogP contribution in [0.1, 0.15) is 40.5 Å². The van der Waals surface area contributed by atoms with Crippen molar-refractivity contribution in [3.63, 3.8) is 0 Å². The van der Waals surface area contributed by atoms with Gasteiger partial charge in [0.25, 0.3) is 0 Å². The Hall–Kier alpha value is -0.610. The predicted octanol–water partition coefficient (Wildman–Crippen LogP) is 1.34. The lowest BCUT2D eigenvalue weighted by Crippen LogP contribution is -2.49. The van der Waals surface area contributed by atoms with Crippen molar-refractivity contribution in [2.45, 2.75) is 52.6 Å². The lowest BCUT2D eigenvalue weighted by Gasteiger charge is -2.36. The van der Waals surface area contributed by atoms with E-state index in [0.717, 1.165) is 25.9 Å². The highest BCUT2D eigenvalue weighted by Gasteiger charge is 2.25. The van der Waals surface area contributed by atoms with Crippen LogP contribution in [0, 0.1) is 5.92 Å². The van der Waals surface area contributed by atoms with Gasteiger partial charge in [0, 0.05) is 25.2 Å². The molecule has 1 amide bonds. The molecule has 1 N–H and O–H groups in total. The van der Waals surface area contributed by atoms with Gasteiger partial charge in [-0.05, 0) is 53.0 Å². The zero-order chi connectivity index (χ0) is 13.7. The molecule has 1 aliphatic heterocycles. The lowest BCUT2D eigenvalue weighted by atomic mass is 9.99. The van der Waals surface area contributed by atoms with E-state index >= 15 is 0 Å². The SMILES string of the molecule is CC(C)N(C(=O)CN1CCCC(CO)C1)C(C)C. The Balaban J connectivity index is 2.52. The second-order valence-corrected chi connectivity index (χ2v) is 5.91. The molecule has 0 aromatic heterocycles. The van der Waals surface area contributed by atoms with E-state index in [-0.39, 0.29) is 24.6 Å². The molecule has 0 aromatic carbocycles. The molecule has 106 valence electrons. The Kier molecular flexibility index (Phi) is 6.09. The first-order valence-electron chi connectivity index (χ1n) is 7.10. The molecule has 18 heavy (non-hydrogen) atoms. The average Bonchev–Trinajstić information content (AvgIpc) is 2.28. The number of aliphatic hydroxyl groups excluding tert-OH is 1. The molecule has 1 unspecified atom stereocenters. The zero-order valence-corrected chi connectivity index (χ0v) is 12.2. The molecule has 4 heteroatoms. The molecule has 1 aliphatic rings. The minimum atomic E-state index is 0.207. The monoisotopic (exact) mass is 256 g/mol. The first-order valence-corrected chi connectivity index (χ1v) is 7.10. The predicted molar refractivity (Wildman–Crippen MR) is 73.4 cm³/mol. The van der Waals surface area contributed by atoms with Crippen LogP contribution < -0.4 is 0 Å². The Bertz CT molecular complexity index is 259. The quantitative estimate of drug-likeness (QED) is 0.807. The standard InChI is InChI=1S/C14H28N2O2/c1-11(2)16(12(3)4)14(18)9-15-7-5-6-13(8-15)10-17/h11-13,17H,5-10H2,1-4H3. The van der Waals surface area contributed by atoms with Crippen molar-refractivity contribution in [3.8, 4) is 0 Å². The second-order valence-electron chi connectivity index (χ2n) is 5.91. The molecule has 1 saturated heterocycles. The van der Waals surface area contributed by atoms with Crippen LogP contribution in [0.4, 0.5) is 0 Å². The molecule has 1 heterocycles. The average molecular weight is 256 g/mol. The minimum Gasteiger partial charge on any atom is -0.396 e. The first-order chi connectivity index (χ1) is 8.45. The smallest absolute Gasteiger partial charge is 0.237 e. The molecule has 0 saturated carbocycles. The summed E-state index contributed by atoms with van der Waals surface area (Å²) in [6.45, 7) is 10.8. The zero-order valence-electron chi connectivity index (χ0n) is 12.2. The van der Waals surface area contributed by atoms with Gasteiger partial charge in [0.1, 0.15) is 0 Å². The molecule has 1 atom stereocenters. The molecular formula is C14H28N2O2. The molecule has 1 fully saturated rings. The van der Waals surface area contributed by atoms with Gasteiger partial charge >= 0.3 is 0 Å². The van der Waals surface area contributed by atoms with Gasteiger partial charge in [-0.2, -0.15) is 0 Å². The molecule has 4 nitrogen and oxygen atoms in total. The van der Waals surface area contributed by atoms with Crippen molar-refractivity contribution in [1.82, 2.24) is 9.80 Å². The van der Waals surface area contributed by atoms with Gasteiger partial charge in [-0.25, -0.2) is 0 Å². The number of hydrogen-bond donors (Lipinski definition) is 1. The van der Waals surface area contributed by atoms with Gasteiger partial charge in [0.2, 0.25) is 5.91 Å². The van der Waals surface area contributed by atoms with E-state index in [1.165, 1.54) is 0 Å². The van der Waals surface area contributed by atoms with Gasteiger partial charge in [-0.15, -0.1) is 0 Å². The topological polar surface area (TPSA) is 43.8 Å². The van der Waals surface area contributed by atoms with E-state index in [1.54, 1.807) is 0 Å². The van der Waals surface area contributed by atoms with E-state index in [4.69, 9.17) is 0 Å². The summed E-state index contributed by atoms with van der Waals surface area (Å²) in [7, 11) is 0. The van der Waals surface area contributed by atoms with Crippen LogP contribution in [0.5, 0.6) is 0 Å². The van der Waals surface area contributed by atoms with Gasteiger partial charge in [-0.3, -0.25) is 9.69 Å². The van der Waals surface area contributed by atoms with Gasteiger partial charge in [-0.1, -0.05) is 0 Å². The Labute approximate surface area is 111 Å². The van der Waals surface area contributed by atoms with Crippen LogP contribution in [0.15, 0.2) is 0 Å². The van der Waals surface area contributed by atoms with Crippen LogP contribution in [-0.4, -0.2) is 59.1 Å². The highest BCUT2D eigenvalue weighted by molar-refractivity contribution is 5.78. The van der Waals surface area contributed by atoms with Crippen molar-refractivity contribution < 1.29 is 9.90 Å². The minimum absolute atomic E-state index is 0.207. The normalized spacial score (nSPS) is 21.6. The number of likely N-dealkylation sites (tertiary alicyclic amines) is 1. The molecule has 0 aromatic rings. The first kappa shape index (κ1) is 15.4. The maximum atomic E-state index is 12.3. The van der Waals surface area contributed by atoms with Crippen molar-refractivity contribution in [1.29, 1.82) is 0 Å². The van der Waals surface area contributed by atoms with Gasteiger partial charge in [0.15, 0.2) is 0 Å². The van der Waals surface area contributed by atoms with Gasteiger partial charge in [0.05, 0.1) is 6.54 Å². The number of piperidine rings is 1. The van der Waals surface area contributed by atoms with Crippen molar-refractivity contribution in [3.05, 3.63) is 0 Å². The summed E-state index contributed by atoms with van der Waals surface area (Å²) in [4.78, 5) is 16.4. The molecular weight excluding hydrogens is 228 g/mol. The summed E-state index contributed by atoms with van der Waals surface area (Å²) in [6.07, 6.45) is 2.17. The van der Waals surface area contributed by atoms with Crippen LogP contribution >= 0.6 is 0 Å². The van der Waals surface area contributed by atoms with E-state index in [9.17, 15) is 9.90 Å². The fraction of sp³-hybridized carbons (Fsp3) is 0.929. The summed E-state index contributed by atoms with van der Waals surface area (Å²) in [6, 6.07) is 0.492. The molecule has 0 spiro atoms. The summed E-state index contributed by atoms with van der Waals surface area (Å²) >= 11 is 0. The number of amides is 1. The Morgan fingerprint density at radius 3 is 2.44 bits per heavy atom. The largest absolute Gasteiger partial charge is 0.396 e. The highest BCUT2D eigenvalue weighted by atomic mass is 16.3. The van der Waals surface area contributed by atoms with Gasteiger partial charge < -0.3 is 10.0 Å². The summed E-state index contributed by atoms with van der Waals surface area (Å²) in [5.74, 6) is 0.552. The third-order valence-electron chi connectivity index (χ3n) is 3.62. The van der Waals surface area contributed by atoms with E-state index in [2.05, 4.69) is 32.6 Å². The summed E-state index contributed by atoms with van der Waals surface area (Å²) < 4.78 is 0. The summed E-state index contributed by atoms with van der Waals surface area (Å²) in [5.41, 5.74) is 0. The van der Waals surface area contributed by atoms with E-state index in [1.807, 2.05) is 4.90 Å². The van der Waals surface area contributed by atoms with Crippen LogP contribution in [0.2, 0.25) is 0 Å². The number of nitrogens with zero attached hydrogens (tertiary/aromatic N) is 2. The van der Waals surface area contributed by atoms with Crippen molar-refractivity contribution >= 4 is 5.91 Å². The third kappa shape index (κ3) is 4.25. The number of aliphatic hydroxyl groups is 1. The fourth-order valence-corrected chi connectivity index (χ4v) is 2.89. The number of carbonyl (C=O) groups is 1. The Morgan fingerprint density at radius 2 is 1.94 bits per heavy atom. The maximum Gasteiger partial charge on any atom is 0.237 e. The highest BCUT2D eigenvalue weighted by Crippen LogP contribution is 2.16. The maximum absolute atomic E-state index is 12.3.